The van der Waals surface area contributed by atoms with Crippen molar-refractivity contribution in [3.05, 3.63) is 34.9 Å². The summed E-state index contributed by atoms with van der Waals surface area (Å²) in [5, 5.41) is 11.2. The van der Waals surface area contributed by atoms with Crippen molar-refractivity contribution in [2.45, 2.75) is 32.7 Å². The number of aliphatic hydroxyl groups excluding tert-OH is 1. The molecule has 0 aromatic heterocycles. The molecular weight excluding hydrogens is 224 g/mol. The van der Waals surface area contributed by atoms with E-state index < -0.39 is 19.1 Å². The van der Waals surface area contributed by atoms with Crippen molar-refractivity contribution in [1.29, 1.82) is 0 Å². The van der Waals surface area contributed by atoms with Crippen LogP contribution in [-0.2, 0) is 0 Å². The van der Waals surface area contributed by atoms with E-state index in [0.29, 0.717) is 0 Å². The van der Waals surface area contributed by atoms with Gasteiger partial charge in [-0.2, -0.15) is 0 Å². The first-order valence-electron chi connectivity index (χ1n) is 5.65. The Morgan fingerprint density at radius 1 is 1.35 bits per heavy atom. The summed E-state index contributed by atoms with van der Waals surface area (Å²) in [7, 11) is 0. The van der Waals surface area contributed by atoms with Gasteiger partial charge in [0.2, 0.25) is 0 Å². The quantitative estimate of drug-likeness (QED) is 0.833. The highest BCUT2D eigenvalue weighted by atomic mass is 19.3. The van der Waals surface area contributed by atoms with E-state index in [1.165, 1.54) is 0 Å². The third-order valence-corrected chi connectivity index (χ3v) is 2.80. The van der Waals surface area contributed by atoms with E-state index in [4.69, 9.17) is 5.11 Å². The van der Waals surface area contributed by atoms with Gasteiger partial charge in [-0.1, -0.05) is 23.8 Å². The number of halogens is 2. The highest BCUT2D eigenvalue weighted by molar-refractivity contribution is 5.32. The summed E-state index contributed by atoms with van der Waals surface area (Å²) in [4.78, 5) is 0. The molecule has 0 saturated carbocycles. The summed E-state index contributed by atoms with van der Waals surface area (Å²) >= 11 is 0. The third-order valence-electron chi connectivity index (χ3n) is 2.80. The van der Waals surface area contributed by atoms with Gasteiger partial charge in [0.25, 0.3) is 5.92 Å². The Hall–Kier alpha value is -1.00. The molecule has 1 aromatic carbocycles. The summed E-state index contributed by atoms with van der Waals surface area (Å²) in [6.45, 7) is 4.13. The first kappa shape index (κ1) is 14.1. The monoisotopic (exact) mass is 243 g/mol. The number of nitrogens with one attached hydrogen (secondary N) is 1. The molecule has 1 aromatic rings. The van der Waals surface area contributed by atoms with Crippen molar-refractivity contribution in [2.75, 3.05) is 13.2 Å². The highest BCUT2D eigenvalue weighted by Gasteiger charge is 2.28. The Kier molecular flexibility index (Phi) is 4.60. The van der Waals surface area contributed by atoms with Crippen LogP contribution >= 0.6 is 0 Å². The highest BCUT2D eigenvalue weighted by Crippen LogP contribution is 2.20. The molecule has 1 unspecified atom stereocenters. The van der Waals surface area contributed by atoms with E-state index in [0.717, 1.165) is 16.7 Å². The minimum absolute atomic E-state index is 0.160. The molecule has 17 heavy (non-hydrogen) atoms. The fourth-order valence-electron chi connectivity index (χ4n) is 1.69. The van der Waals surface area contributed by atoms with Gasteiger partial charge in [-0.05, 0) is 31.9 Å². The largest absolute Gasteiger partial charge is 0.390 e. The molecule has 2 nitrogen and oxygen atoms in total. The molecule has 0 fully saturated rings. The Balaban J connectivity index is 2.70. The fourth-order valence-corrected chi connectivity index (χ4v) is 1.69. The normalized spacial score (nSPS) is 13.8. The van der Waals surface area contributed by atoms with Gasteiger partial charge >= 0.3 is 0 Å². The molecule has 0 heterocycles. The number of aryl methyl sites for hydroxylation is 2. The van der Waals surface area contributed by atoms with Crippen LogP contribution in [0.15, 0.2) is 18.2 Å². The van der Waals surface area contributed by atoms with Crippen LogP contribution in [0, 0.1) is 13.8 Å². The number of aliphatic hydroxyl groups is 1. The van der Waals surface area contributed by atoms with Crippen LogP contribution in [0.1, 0.15) is 29.7 Å². The zero-order chi connectivity index (χ0) is 13.1. The Morgan fingerprint density at radius 2 is 2.00 bits per heavy atom. The van der Waals surface area contributed by atoms with Crippen molar-refractivity contribution < 1.29 is 13.9 Å². The summed E-state index contributed by atoms with van der Waals surface area (Å²) in [5.41, 5.74) is 3.19. The van der Waals surface area contributed by atoms with Crippen LogP contribution in [0.2, 0.25) is 0 Å². The number of hydrogen-bond donors (Lipinski definition) is 2. The SMILES string of the molecule is Cc1ccc(C)c(C(C)NCC(F)(F)CO)c1. The predicted molar refractivity (Wildman–Crippen MR) is 64.4 cm³/mol. The van der Waals surface area contributed by atoms with Crippen LogP contribution in [0.25, 0.3) is 0 Å². The standard InChI is InChI=1S/C13H19F2NO/c1-9-4-5-10(2)12(6-9)11(3)16-7-13(14,15)8-17/h4-6,11,16-17H,7-8H2,1-3H3. The van der Waals surface area contributed by atoms with Crippen LogP contribution in [-0.4, -0.2) is 24.2 Å². The molecule has 1 rings (SSSR count). The maximum Gasteiger partial charge on any atom is 0.282 e. The number of alkyl halides is 2. The van der Waals surface area contributed by atoms with Gasteiger partial charge < -0.3 is 10.4 Å². The van der Waals surface area contributed by atoms with E-state index in [2.05, 4.69) is 5.32 Å². The zero-order valence-corrected chi connectivity index (χ0v) is 10.4. The molecule has 0 radical (unpaired) electrons. The molecular formula is C13H19F2NO. The average Bonchev–Trinajstić information content (AvgIpc) is 2.29. The predicted octanol–water partition coefficient (Wildman–Crippen LogP) is 2.58. The molecule has 1 atom stereocenters. The Bertz CT molecular complexity index is 380. The number of rotatable bonds is 5. The first-order chi connectivity index (χ1) is 7.85. The lowest BCUT2D eigenvalue weighted by Gasteiger charge is -2.20. The summed E-state index contributed by atoms with van der Waals surface area (Å²) < 4.78 is 25.8. The maximum absolute atomic E-state index is 12.9. The summed E-state index contributed by atoms with van der Waals surface area (Å²) in [5.74, 6) is -3.06. The molecule has 0 spiro atoms. The van der Waals surface area contributed by atoms with Crippen molar-refractivity contribution >= 4 is 0 Å². The van der Waals surface area contributed by atoms with E-state index in [-0.39, 0.29) is 6.04 Å². The lowest BCUT2D eigenvalue weighted by Crippen LogP contribution is -2.37. The summed E-state index contributed by atoms with van der Waals surface area (Å²) in [6, 6.07) is 5.80. The number of hydrogen-bond acceptors (Lipinski definition) is 2. The van der Waals surface area contributed by atoms with Crippen molar-refractivity contribution in [3.63, 3.8) is 0 Å². The van der Waals surface area contributed by atoms with Gasteiger partial charge in [0.05, 0.1) is 6.54 Å². The van der Waals surface area contributed by atoms with E-state index in [1.807, 2.05) is 39.0 Å². The number of benzene rings is 1. The Morgan fingerprint density at radius 3 is 2.59 bits per heavy atom. The molecule has 0 aliphatic rings. The minimum Gasteiger partial charge on any atom is -0.390 e. The molecule has 2 N–H and O–H groups in total. The van der Waals surface area contributed by atoms with Gasteiger partial charge in [0.15, 0.2) is 0 Å². The van der Waals surface area contributed by atoms with Crippen LogP contribution in [0.5, 0.6) is 0 Å². The van der Waals surface area contributed by atoms with Crippen LogP contribution < -0.4 is 5.32 Å². The summed E-state index contributed by atoms with van der Waals surface area (Å²) in [6.07, 6.45) is 0. The van der Waals surface area contributed by atoms with Crippen LogP contribution in [0.3, 0.4) is 0 Å². The van der Waals surface area contributed by atoms with Gasteiger partial charge in [-0.25, -0.2) is 8.78 Å². The Labute approximate surface area is 101 Å². The maximum atomic E-state index is 12.9. The lowest BCUT2D eigenvalue weighted by molar-refractivity contribution is -0.0490. The zero-order valence-electron chi connectivity index (χ0n) is 10.4. The topological polar surface area (TPSA) is 32.3 Å². The second kappa shape index (κ2) is 5.56. The van der Waals surface area contributed by atoms with Gasteiger partial charge in [0.1, 0.15) is 6.61 Å². The van der Waals surface area contributed by atoms with E-state index in [1.54, 1.807) is 0 Å². The van der Waals surface area contributed by atoms with Crippen molar-refractivity contribution in [1.82, 2.24) is 5.32 Å². The van der Waals surface area contributed by atoms with E-state index in [9.17, 15) is 8.78 Å². The van der Waals surface area contributed by atoms with Gasteiger partial charge in [-0.3, -0.25) is 0 Å². The van der Waals surface area contributed by atoms with Gasteiger partial charge in [0, 0.05) is 6.04 Å². The smallest absolute Gasteiger partial charge is 0.282 e. The molecule has 0 saturated heterocycles. The lowest BCUT2D eigenvalue weighted by atomic mass is 10.00. The first-order valence-corrected chi connectivity index (χ1v) is 5.65. The molecule has 0 amide bonds. The molecule has 0 aliphatic heterocycles. The van der Waals surface area contributed by atoms with Gasteiger partial charge in [-0.15, -0.1) is 0 Å². The van der Waals surface area contributed by atoms with Crippen LogP contribution in [0.4, 0.5) is 8.78 Å². The van der Waals surface area contributed by atoms with E-state index >= 15 is 0 Å². The molecule has 0 aliphatic carbocycles. The third kappa shape index (κ3) is 4.06. The molecule has 0 bridgehead atoms. The average molecular weight is 243 g/mol. The molecule has 4 heteroatoms. The second-order valence-electron chi connectivity index (χ2n) is 4.48. The second-order valence-corrected chi connectivity index (χ2v) is 4.48. The van der Waals surface area contributed by atoms with Crippen molar-refractivity contribution in [3.8, 4) is 0 Å². The van der Waals surface area contributed by atoms with Crippen molar-refractivity contribution in [2.24, 2.45) is 0 Å². The fraction of sp³-hybridized carbons (Fsp3) is 0.538. The molecule has 96 valence electrons. The minimum atomic E-state index is -3.06.